The van der Waals surface area contributed by atoms with Gasteiger partial charge in [0.2, 0.25) is 0 Å². The summed E-state index contributed by atoms with van der Waals surface area (Å²) < 4.78 is 0. The third-order valence-electron chi connectivity index (χ3n) is 2.71. The SMILES string of the molecule is CN(CC1CC1)C(=O)c1ccccc1O. The van der Waals surface area contributed by atoms with Gasteiger partial charge in [0, 0.05) is 13.6 Å². The van der Waals surface area contributed by atoms with Crippen LogP contribution in [-0.2, 0) is 0 Å². The molecule has 3 nitrogen and oxygen atoms in total. The molecule has 1 fully saturated rings. The van der Waals surface area contributed by atoms with Crippen molar-refractivity contribution in [1.29, 1.82) is 0 Å². The Morgan fingerprint density at radius 1 is 1.47 bits per heavy atom. The van der Waals surface area contributed by atoms with Gasteiger partial charge in [-0.05, 0) is 30.9 Å². The van der Waals surface area contributed by atoms with E-state index in [1.165, 1.54) is 18.9 Å². The van der Waals surface area contributed by atoms with E-state index in [4.69, 9.17) is 0 Å². The highest BCUT2D eigenvalue weighted by Gasteiger charge is 2.25. The van der Waals surface area contributed by atoms with E-state index in [-0.39, 0.29) is 11.7 Å². The van der Waals surface area contributed by atoms with Gasteiger partial charge in [0.15, 0.2) is 0 Å². The van der Waals surface area contributed by atoms with Crippen molar-refractivity contribution < 1.29 is 9.90 Å². The maximum atomic E-state index is 11.9. The van der Waals surface area contributed by atoms with Gasteiger partial charge < -0.3 is 10.0 Å². The molecule has 1 aromatic rings. The molecule has 15 heavy (non-hydrogen) atoms. The van der Waals surface area contributed by atoms with Gasteiger partial charge >= 0.3 is 0 Å². The van der Waals surface area contributed by atoms with Crippen LogP contribution in [0.15, 0.2) is 24.3 Å². The number of phenolic OH excluding ortho intramolecular Hbond substituents is 1. The number of phenols is 1. The molecule has 0 bridgehead atoms. The van der Waals surface area contributed by atoms with Crippen molar-refractivity contribution in [3.05, 3.63) is 29.8 Å². The van der Waals surface area contributed by atoms with Crippen molar-refractivity contribution in [2.75, 3.05) is 13.6 Å². The molecule has 0 heterocycles. The van der Waals surface area contributed by atoms with Gasteiger partial charge in [0.05, 0.1) is 5.56 Å². The first kappa shape index (κ1) is 10.0. The van der Waals surface area contributed by atoms with Crippen LogP contribution in [0.25, 0.3) is 0 Å². The van der Waals surface area contributed by atoms with Crippen LogP contribution in [0.5, 0.6) is 5.75 Å². The molecule has 80 valence electrons. The van der Waals surface area contributed by atoms with Gasteiger partial charge in [-0.1, -0.05) is 12.1 Å². The minimum atomic E-state index is -0.0972. The number of amides is 1. The summed E-state index contributed by atoms with van der Waals surface area (Å²) in [6, 6.07) is 6.67. The topological polar surface area (TPSA) is 40.5 Å². The van der Waals surface area contributed by atoms with Crippen LogP contribution < -0.4 is 0 Å². The van der Waals surface area contributed by atoms with Crippen molar-refractivity contribution in [2.24, 2.45) is 5.92 Å². The number of hydrogen-bond donors (Lipinski definition) is 1. The zero-order valence-electron chi connectivity index (χ0n) is 8.81. The van der Waals surface area contributed by atoms with Gasteiger partial charge in [0.1, 0.15) is 5.75 Å². The first-order valence-electron chi connectivity index (χ1n) is 5.22. The Balaban J connectivity index is 2.08. The van der Waals surface area contributed by atoms with Crippen LogP contribution in [0.1, 0.15) is 23.2 Å². The zero-order chi connectivity index (χ0) is 10.8. The molecular weight excluding hydrogens is 190 g/mol. The van der Waals surface area contributed by atoms with Crippen molar-refractivity contribution in [3.8, 4) is 5.75 Å². The van der Waals surface area contributed by atoms with Crippen molar-refractivity contribution in [2.45, 2.75) is 12.8 Å². The van der Waals surface area contributed by atoms with Crippen LogP contribution in [0.2, 0.25) is 0 Å². The fraction of sp³-hybridized carbons (Fsp3) is 0.417. The second kappa shape index (κ2) is 3.93. The summed E-state index contributed by atoms with van der Waals surface area (Å²) in [6.45, 7) is 0.799. The van der Waals surface area contributed by atoms with E-state index in [2.05, 4.69) is 0 Å². The Bertz CT molecular complexity index is 372. The monoisotopic (exact) mass is 205 g/mol. The summed E-state index contributed by atoms with van der Waals surface area (Å²) in [5, 5.41) is 9.53. The maximum Gasteiger partial charge on any atom is 0.257 e. The first-order valence-corrected chi connectivity index (χ1v) is 5.22. The lowest BCUT2D eigenvalue weighted by atomic mass is 10.1. The van der Waals surface area contributed by atoms with Gasteiger partial charge in [-0.25, -0.2) is 0 Å². The fourth-order valence-electron chi connectivity index (χ4n) is 1.63. The predicted molar refractivity (Wildman–Crippen MR) is 57.8 cm³/mol. The minimum Gasteiger partial charge on any atom is -0.507 e. The molecule has 3 heteroatoms. The average Bonchev–Trinajstić information content (AvgIpc) is 3.01. The van der Waals surface area contributed by atoms with Crippen molar-refractivity contribution >= 4 is 5.91 Å². The average molecular weight is 205 g/mol. The molecule has 0 spiro atoms. The molecule has 0 aliphatic heterocycles. The molecule has 1 aliphatic carbocycles. The molecule has 2 rings (SSSR count). The summed E-state index contributed by atoms with van der Waals surface area (Å²) in [5.74, 6) is 0.634. The normalized spacial score (nSPS) is 15.0. The van der Waals surface area contributed by atoms with Gasteiger partial charge in [-0.2, -0.15) is 0 Å². The molecule has 0 radical (unpaired) electrons. The predicted octanol–water partition coefficient (Wildman–Crippen LogP) is 1.87. The molecule has 0 aromatic heterocycles. The Morgan fingerprint density at radius 2 is 2.13 bits per heavy atom. The van der Waals surface area contributed by atoms with Gasteiger partial charge in [-0.15, -0.1) is 0 Å². The standard InChI is InChI=1S/C12H15NO2/c1-13(8-9-6-7-9)12(15)10-4-2-3-5-11(10)14/h2-5,9,14H,6-8H2,1H3. The summed E-state index contributed by atoms with van der Waals surface area (Å²) in [6.07, 6.45) is 2.44. The van der Waals surface area contributed by atoms with Crippen LogP contribution in [0, 0.1) is 5.92 Å². The van der Waals surface area contributed by atoms with E-state index in [0.29, 0.717) is 11.5 Å². The smallest absolute Gasteiger partial charge is 0.257 e. The molecule has 1 N–H and O–H groups in total. The molecule has 0 unspecified atom stereocenters. The molecule has 1 amide bonds. The number of carbonyl (C=O) groups excluding carboxylic acids is 1. The van der Waals surface area contributed by atoms with Gasteiger partial charge in [-0.3, -0.25) is 4.79 Å². The molecule has 0 atom stereocenters. The van der Waals surface area contributed by atoms with Crippen LogP contribution >= 0.6 is 0 Å². The maximum absolute atomic E-state index is 11.9. The Labute approximate surface area is 89.3 Å². The lowest BCUT2D eigenvalue weighted by Gasteiger charge is -2.17. The second-order valence-electron chi connectivity index (χ2n) is 4.15. The van der Waals surface area contributed by atoms with Crippen LogP contribution in [-0.4, -0.2) is 29.5 Å². The number of para-hydroxylation sites is 1. The van der Waals surface area contributed by atoms with Crippen LogP contribution in [0.3, 0.4) is 0 Å². The summed E-state index contributed by atoms with van der Waals surface area (Å²) >= 11 is 0. The summed E-state index contributed by atoms with van der Waals surface area (Å²) in [7, 11) is 1.78. The largest absolute Gasteiger partial charge is 0.507 e. The third-order valence-corrected chi connectivity index (χ3v) is 2.71. The highest BCUT2D eigenvalue weighted by atomic mass is 16.3. The zero-order valence-corrected chi connectivity index (χ0v) is 8.81. The minimum absolute atomic E-state index is 0.0603. The highest BCUT2D eigenvalue weighted by Crippen LogP contribution is 2.30. The fourth-order valence-corrected chi connectivity index (χ4v) is 1.63. The number of nitrogens with zero attached hydrogens (tertiary/aromatic N) is 1. The van der Waals surface area contributed by atoms with E-state index in [9.17, 15) is 9.90 Å². The molecule has 1 saturated carbocycles. The molecular formula is C12H15NO2. The lowest BCUT2D eigenvalue weighted by molar-refractivity contribution is 0.0785. The molecule has 0 saturated heterocycles. The highest BCUT2D eigenvalue weighted by molar-refractivity contribution is 5.96. The number of rotatable bonds is 3. The summed E-state index contributed by atoms with van der Waals surface area (Å²) in [4.78, 5) is 13.6. The Kier molecular flexibility index (Phi) is 2.62. The van der Waals surface area contributed by atoms with Gasteiger partial charge in [0.25, 0.3) is 5.91 Å². The van der Waals surface area contributed by atoms with E-state index >= 15 is 0 Å². The Morgan fingerprint density at radius 3 is 2.73 bits per heavy atom. The third kappa shape index (κ3) is 2.29. The summed E-state index contributed by atoms with van der Waals surface area (Å²) in [5.41, 5.74) is 0.389. The number of aromatic hydroxyl groups is 1. The molecule has 1 aromatic carbocycles. The van der Waals surface area contributed by atoms with E-state index < -0.39 is 0 Å². The number of hydrogen-bond acceptors (Lipinski definition) is 2. The Hall–Kier alpha value is -1.51. The quantitative estimate of drug-likeness (QED) is 0.818. The molecule has 1 aliphatic rings. The second-order valence-corrected chi connectivity index (χ2v) is 4.15. The van der Waals surface area contributed by atoms with E-state index in [0.717, 1.165) is 6.54 Å². The van der Waals surface area contributed by atoms with E-state index in [1.54, 1.807) is 30.1 Å². The first-order chi connectivity index (χ1) is 7.18. The number of benzene rings is 1. The van der Waals surface area contributed by atoms with E-state index in [1.807, 2.05) is 0 Å². The lowest BCUT2D eigenvalue weighted by Crippen LogP contribution is -2.28. The van der Waals surface area contributed by atoms with Crippen LogP contribution in [0.4, 0.5) is 0 Å². The van der Waals surface area contributed by atoms with Crippen molar-refractivity contribution in [1.82, 2.24) is 4.90 Å². The van der Waals surface area contributed by atoms with Crippen molar-refractivity contribution in [3.63, 3.8) is 0 Å². The number of carbonyl (C=O) groups is 1.